The van der Waals surface area contributed by atoms with Crippen molar-refractivity contribution in [2.75, 3.05) is 7.11 Å². The molecule has 0 spiro atoms. The number of ether oxygens (including phenoxy) is 2. The Kier molecular flexibility index (Phi) is 7.21. The van der Waals surface area contributed by atoms with Gasteiger partial charge in [-0.1, -0.05) is 65.7 Å². The topological polar surface area (TPSA) is 30.5 Å². The van der Waals surface area contributed by atoms with E-state index in [1.54, 1.807) is 19.2 Å². The highest BCUT2D eigenvalue weighted by Crippen LogP contribution is 2.30. The molecule has 0 radical (unpaired) electrons. The Hall–Kier alpha value is -2.20. The van der Waals surface area contributed by atoms with Gasteiger partial charge in [0.2, 0.25) is 0 Å². The highest BCUT2D eigenvalue weighted by atomic mass is 35.5. The monoisotopic (exact) mass is 415 g/mol. The molecule has 0 aliphatic heterocycles. The van der Waals surface area contributed by atoms with Crippen LogP contribution in [0.4, 0.5) is 0 Å². The van der Waals surface area contributed by atoms with Crippen LogP contribution in [0.25, 0.3) is 0 Å². The molecule has 3 aromatic carbocycles. The van der Waals surface area contributed by atoms with Crippen LogP contribution in [0.3, 0.4) is 0 Å². The fourth-order valence-electron chi connectivity index (χ4n) is 2.87. The molecule has 0 aromatic heterocycles. The van der Waals surface area contributed by atoms with E-state index in [-0.39, 0.29) is 6.04 Å². The van der Waals surface area contributed by atoms with Gasteiger partial charge >= 0.3 is 0 Å². The van der Waals surface area contributed by atoms with Gasteiger partial charge in [-0.2, -0.15) is 0 Å². The van der Waals surface area contributed by atoms with Crippen molar-refractivity contribution in [3.63, 3.8) is 0 Å². The lowest BCUT2D eigenvalue weighted by Gasteiger charge is -2.16. The van der Waals surface area contributed by atoms with Crippen molar-refractivity contribution in [3.8, 4) is 11.5 Å². The van der Waals surface area contributed by atoms with Gasteiger partial charge in [-0.05, 0) is 42.3 Å². The molecule has 0 saturated carbocycles. The Bertz CT molecular complexity index is 916. The van der Waals surface area contributed by atoms with Crippen LogP contribution in [0.1, 0.15) is 29.7 Å². The van der Waals surface area contributed by atoms with E-state index in [1.165, 1.54) is 5.56 Å². The predicted octanol–water partition coefficient (Wildman–Crippen LogP) is 6.43. The van der Waals surface area contributed by atoms with Crippen molar-refractivity contribution in [3.05, 3.63) is 93.5 Å². The molecule has 0 heterocycles. The first-order valence-electron chi connectivity index (χ1n) is 9.09. The molecule has 146 valence electrons. The van der Waals surface area contributed by atoms with Crippen molar-refractivity contribution in [2.45, 2.75) is 26.1 Å². The maximum atomic E-state index is 6.21. The molecule has 3 nitrogen and oxygen atoms in total. The molecule has 0 unspecified atom stereocenters. The molecule has 5 heteroatoms. The van der Waals surface area contributed by atoms with Crippen LogP contribution in [0.5, 0.6) is 11.5 Å². The summed E-state index contributed by atoms with van der Waals surface area (Å²) in [5.74, 6) is 1.37. The molecule has 0 amide bonds. The Morgan fingerprint density at radius 2 is 1.71 bits per heavy atom. The molecule has 1 N–H and O–H groups in total. The van der Waals surface area contributed by atoms with Crippen LogP contribution in [0, 0.1) is 0 Å². The van der Waals surface area contributed by atoms with Gasteiger partial charge in [0, 0.05) is 28.2 Å². The third-order valence-corrected chi connectivity index (χ3v) is 5.13. The van der Waals surface area contributed by atoms with E-state index in [9.17, 15) is 0 Å². The van der Waals surface area contributed by atoms with E-state index in [1.807, 2.05) is 30.3 Å². The standard InChI is InChI=1S/C23H23Cl2NO2/c1-16(18-6-4-3-5-7-18)26-14-17-8-11-22(23(12-17)27-2)28-15-19-9-10-20(24)13-21(19)25/h3-13,16,26H,14-15H2,1-2H3/t16-/m1/s1. The summed E-state index contributed by atoms with van der Waals surface area (Å²) in [6, 6.07) is 21.9. The summed E-state index contributed by atoms with van der Waals surface area (Å²) in [7, 11) is 1.64. The molecular weight excluding hydrogens is 393 g/mol. The van der Waals surface area contributed by atoms with Crippen molar-refractivity contribution < 1.29 is 9.47 Å². The molecule has 3 rings (SSSR count). The highest BCUT2D eigenvalue weighted by molar-refractivity contribution is 6.35. The summed E-state index contributed by atoms with van der Waals surface area (Å²) in [6.45, 7) is 3.23. The Morgan fingerprint density at radius 3 is 2.43 bits per heavy atom. The Balaban J connectivity index is 1.63. The minimum Gasteiger partial charge on any atom is -0.493 e. The normalized spacial score (nSPS) is 11.9. The lowest BCUT2D eigenvalue weighted by Crippen LogP contribution is -2.18. The SMILES string of the molecule is COc1cc(CN[C@H](C)c2ccccc2)ccc1OCc1ccc(Cl)cc1Cl. The summed E-state index contributed by atoms with van der Waals surface area (Å²) < 4.78 is 11.4. The first-order valence-corrected chi connectivity index (χ1v) is 9.84. The summed E-state index contributed by atoms with van der Waals surface area (Å²) in [6.07, 6.45) is 0. The van der Waals surface area contributed by atoms with Gasteiger partial charge in [-0.25, -0.2) is 0 Å². The largest absolute Gasteiger partial charge is 0.493 e. The smallest absolute Gasteiger partial charge is 0.161 e. The van der Waals surface area contributed by atoms with Crippen LogP contribution in [-0.4, -0.2) is 7.11 Å². The van der Waals surface area contributed by atoms with Crippen molar-refractivity contribution >= 4 is 23.2 Å². The molecule has 0 bridgehead atoms. The van der Waals surface area contributed by atoms with Gasteiger partial charge in [-0.3, -0.25) is 0 Å². The summed E-state index contributed by atoms with van der Waals surface area (Å²) in [5, 5.41) is 4.72. The summed E-state index contributed by atoms with van der Waals surface area (Å²) >= 11 is 12.2. The second-order valence-corrected chi connectivity index (χ2v) is 7.37. The molecule has 0 aliphatic rings. The molecular formula is C23H23Cl2NO2. The molecule has 1 atom stereocenters. The average Bonchev–Trinajstić information content (AvgIpc) is 2.72. The maximum Gasteiger partial charge on any atom is 0.161 e. The molecule has 3 aromatic rings. The van der Waals surface area contributed by atoms with Gasteiger partial charge < -0.3 is 14.8 Å². The first-order chi connectivity index (χ1) is 13.6. The van der Waals surface area contributed by atoms with E-state index in [2.05, 4.69) is 36.5 Å². The third kappa shape index (κ3) is 5.41. The van der Waals surface area contributed by atoms with Crippen molar-refractivity contribution in [1.29, 1.82) is 0 Å². The third-order valence-electron chi connectivity index (χ3n) is 4.54. The summed E-state index contributed by atoms with van der Waals surface area (Å²) in [4.78, 5) is 0. The quantitative estimate of drug-likeness (QED) is 0.459. The van der Waals surface area contributed by atoms with Crippen LogP contribution in [0.2, 0.25) is 10.0 Å². The van der Waals surface area contributed by atoms with E-state index in [4.69, 9.17) is 32.7 Å². The number of halogens is 2. The van der Waals surface area contributed by atoms with Crippen LogP contribution in [-0.2, 0) is 13.2 Å². The van der Waals surface area contributed by atoms with E-state index < -0.39 is 0 Å². The van der Waals surface area contributed by atoms with Gasteiger partial charge in [-0.15, -0.1) is 0 Å². The van der Waals surface area contributed by atoms with Crippen LogP contribution in [0.15, 0.2) is 66.7 Å². The Labute approximate surface area is 176 Å². The minimum atomic E-state index is 0.259. The van der Waals surface area contributed by atoms with Gasteiger partial charge in [0.05, 0.1) is 7.11 Å². The molecule has 0 aliphatic carbocycles. The summed E-state index contributed by atoms with van der Waals surface area (Å²) in [5.41, 5.74) is 3.25. The van der Waals surface area contributed by atoms with Crippen LogP contribution < -0.4 is 14.8 Å². The zero-order chi connectivity index (χ0) is 19.9. The lowest BCUT2D eigenvalue weighted by molar-refractivity contribution is 0.284. The fraction of sp³-hybridized carbons (Fsp3) is 0.217. The van der Waals surface area contributed by atoms with Crippen LogP contribution >= 0.6 is 23.2 Å². The van der Waals surface area contributed by atoms with E-state index >= 15 is 0 Å². The number of nitrogens with one attached hydrogen (secondary N) is 1. The van der Waals surface area contributed by atoms with E-state index in [0.29, 0.717) is 28.2 Å². The average molecular weight is 416 g/mol. The highest BCUT2D eigenvalue weighted by Gasteiger charge is 2.10. The fourth-order valence-corrected chi connectivity index (χ4v) is 3.33. The van der Waals surface area contributed by atoms with E-state index in [0.717, 1.165) is 17.7 Å². The zero-order valence-corrected chi connectivity index (χ0v) is 17.4. The number of methoxy groups -OCH3 is 1. The number of hydrogen-bond acceptors (Lipinski definition) is 3. The van der Waals surface area contributed by atoms with Crippen molar-refractivity contribution in [1.82, 2.24) is 5.32 Å². The Morgan fingerprint density at radius 1 is 0.929 bits per heavy atom. The molecule has 0 fully saturated rings. The maximum absolute atomic E-state index is 6.21. The number of hydrogen-bond donors (Lipinski definition) is 1. The lowest BCUT2D eigenvalue weighted by atomic mass is 10.1. The second kappa shape index (κ2) is 9.83. The predicted molar refractivity (Wildman–Crippen MR) is 115 cm³/mol. The van der Waals surface area contributed by atoms with Gasteiger partial charge in [0.1, 0.15) is 6.61 Å². The number of benzene rings is 3. The minimum absolute atomic E-state index is 0.259. The number of rotatable bonds is 8. The molecule has 28 heavy (non-hydrogen) atoms. The molecule has 0 saturated heterocycles. The first kappa shape index (κ1) is 20.5. The van der Waals surface area contributed by atoms with Gasteiger partial charge in [0.15, 0.2) is 11.5 Å². The second-order valence-electron chi connectivity index (χ2n) is 6.52. The van der Waals surface area contributed by atoms with Gasteiger partial charge in [0.25, 0.3) is 0 Å². The zero-order valence-electron chi connectivity index (χ0n) is 15.9. The van der Waals surface area contributed by atoms with Crippen molar-refractivity contribution in [2.24, 2.45) is 0 Å².